The van der Waals surface area contributed by atoms with Crippen LogP contribution in [0.3, 0.4) is 0 Å². The molecule has 6 aromatic carbocycles. The van der Waals surface area contributed by atoms with Gasteiger partial charge in [-0.25, -0.2) is 9.59 Å². The van der Waals surface area contributed by atoms with E-state index in [0.29, 0.717) is 42.5 Å². The van der Waals surface area contributed by atoms with Crippen molar-refractivity contribution in [3.8, 4) is 11.5 Å². The zero-order valence-electron chi connectivity index (χ0n) is 33.3. The van der Waals surface area contributed by atoms with E-state index in [4.69, 9.17) is 5.73 Å². The number of aromatic hydroxyl groups is 2. The van der Waals surface area contributed by atoms with Crippen molar-refractivity contribution < 1.29 is 99.8 Å². The molecule has 6 aromatic rings. The Balaban J connectivity index is 1.61. The van der Waals surface area contributed by atoms with E-state index in [9.17, 15) is 105 Å². The smallest absolute Gasteiger partial charge is 0.337 e. The monoisotopic (exact) mass is 1070 g/mol. The van der Waals surface area contributed by atoms with Crippen LogP contribution in [-0.2, 0) is 50.6 Å². The van der Waals surface area contributed by atoms with Crippen LogP contribution < -0.4 is 5.73 Å². The number of rotatable bonds is 14. The molecule has 31 nitrogen and oxygen atoms in total. The highest BCUT2D eigenvalue weighted by molar-refractivity contribution is 7.87. The van der Waals surface area contributed by atoms with E-state index in [2.05, 4.69) is 30.7 Å². The van der Waals surface area contributed by atoms with Crippen LogP contribution in [0.25, 0.3) is 21.5 Å². The average Bonchev–Trinajstić information content (AvgIpc) is 3.22. The first-order chi connectivity index (χ1) is 32.1. The summed E-state index contributed by atoms with van der Waals surface area (Å²) in [6, 6.07) is 6.19. The van der Waals surface area contributed by atoms with Gasteiger partial charge in [-0.05, 0) is 54.6 Å². The Labute approximate surface area is 388 Å². The number of hydrogen-bond donors (Lipinski definition) is 10. The molecule has 36 heteroatoms. The number of azo groups is 3. The van der Waals surface area contributed by atoms with Crippen molar-refractivity contribution >= 4 is 130 Å². The number of benzene rings is 6. The minimum atomic E-state index is -5.71. The molecule has 11 N–H and O–H groups in total. The normalized spacial score (nSPS) is 13.0. The van der Waals surface area contributed by atoms with E-state index < -0.39 is 182 Å². The van der Waals surface area contributed by atoms with Gasteiger partial charge in [-0.2, -0.15) is 42.1 Å². The number of hydrogen-bond acceptors (Lipinski definition) is 23. The molecule has 0 aliphatic heterocycles. The van der Waals surface area contributed by atoms with Crippen molar-refractivity contribution in [2.45, 2.75) is 24.5 Å². The van der Waals surface area contributed by atoms with Gasteiger partial charge in [-0.15, -0.1) is 30.7 Å². The van der Waals surface area contributed by atoms with Gasteiger partial charge in [0.2, 0.25) is 0 Å². The summed E-state index contributed by atoms with van der Waals surface area (Å²) in [6.07, 6.45) is 0. The zero-order chi connectivity index (χ0) is 52.4. The Bertz CT molecular complexity index is 4050. The molecule has 0 heterocycles. The number of non-ortho nitro benzene ring substituents is 1. The Morgan fingerprint density at radius 1 is 0.500 bits per heavy atom. The molecule has 0 amide bonds. The number of carboxylic acid groups (broad SMARTS) is 2. The topological polar surface area (TPSA) is 530 Å². The van der Waals surface area contributed by atoms with Crippen molar-refractivity contribution in [1.82, 2.24) is 0 Å². The minimum absolute atomic E-state index is 0.254. The third kappa shape index (κ3) is 10.0. The zero-order valence-corrected chi connectivity index (χ0v) is 37.4. The molecule has 0 unspecified atom stereocenters. The van der Waals surface area contributed by atoms with Crippen LogP contribution in [0.15, 0.2) is 122 Å². The van der Waals surface area contributed by atoms with Gasteiger partial charge in [0, 0.05) is 28.3 Å². The summed E-state index contributed by atoms with van der Waals surface area (Å²) >= 11 is 0. The average molecular weight is 1070 g/mol. The van der Waals surface area contributed by atoms with Crippen LogP contribution >= 0.6 is 0 Å². The Kier molecular flexibility index (Phi) is 13.0. The van der Waals surface area contributed by atoms with Crippen molar-refractivity contribution in [2.24, 2.45) is 30.7 Å². The lowest BCUT2D eigenvalue weighted by Gasteiger charge is -2.15. The van der Waals surface area contributed by atoms with E-state index >= 15 is 0 Å². The van der Waals surface area contributed by atoms with Gasteiger partial charge < -0.3 is 26.2 Å². The summed E-state index contributed by atoms with van der Waals surface area (Å²) in [5.74, 6) is -6.14. The fourth-order valence-electron chi connectivity index (χ4n) is 6.27. The molecule has 70 heavy (non-hydrogen) atoms. The fourth-order valence-corrected chi connectivity index (χ4v) is 9.73. The Hall–Kier alpha value is -8.07. The number of phenols is 2. The maximum atomic E-state index is 12.9. The van der Waals surface area contributed by atoms with Gasteiger partial charge in [0.1, 0.15) is 58.6 Å². The van der Waals surface area contributed by atoms with Crippen molar-refractivity contribution in [2.75, 3.05) is 5.73 Å². The van der Waals surface area contributed by atoms with E-state index in [0.717, 1.165) is 18.2 Å². The first-order valence-electron chi connectivity index (χ1n) is 17.6. The summed E-state index contributed by atoms with van der Waals surface area (Å²) in [7, 11) is -28.0. The van der Waals surface area contributed by atoms with E-state index in [1.54, 1.807) is 0 Å². The van der Waals surface area contributed by atoms with Crippen molar-refractivity contribution in [3.63, 3.8) is 0 Å². The summed E-state index contributed by atoms with van der Waals surface area (Å²) in [4.78, 5) is 26.3. The molecular formula is C34H22N8O23S5. The molecule has 6 rings (SSSR count). The predicted octanol–water partition coefficient (Wildman–Crippen LogP) is 5.77. The number of nitrogens with zero attached hydrogens (tertiary/aromatic N) is 7. The summed E-state index contributed by atoms with van der Waals surface area (Å²) in [5, 5.41) is 69.9. The number of nitrogens with two attached hydrogens (primary N) is 1. The number of carbonyl (C=O) groups is 2. The first-order valence-corrected chi connectivity index (χ1v) is 24.8. The molecule has 0 saturated heterocycles. The highest BCUT2D eigenvalue weighted by Crippen LogP contribution is 2.50. The standard InChI is InChI=1S/C34H22N8O23S5/c35-27-21(11-22(66(51,52)53)17-10-25(69(60,61)62)29(31(44)26(17)27)41-36-18-5-2-13(42(49)50)8-23(18)67(54,55)56)39-37-19-6-4-14-16(32(19)70(63,64)65)9-24(68(57,58)59)28(30(14)43)40-38-20-7-12(33(45)46)1-3-15(20)34(47)48/h1-11,43-44H,35H2,(H,45,46)(H,47,48)(H,51,52,53)(H,54,55,56)(H,57,58,59)(H,60,61,62)(H,63,64,65). The lowest BCUT2D eigenvalue weighted by molar-refractivity contribution is -0.385. The molecule has 0 aliphatic carbocycles. The van der Waals surface area contributed by atoms with E-state index in [1.165, 1.54) is 0 Å². The number of aromatic carboxylic acids is 2. The third-order valence-corrected chi connectivity index (χ3v) is 13.7. The lowest BCUT2D eigenvalue weighted by atomic mass is 10.0. The molecule has 0 atom stereocenters. The number of nitro benzene ring substituents is 1. The molecule has 0 spiro atoms. The number of nitrogen functional groups attached to an aromatic ring is 1. The number of carboxylic acids is 2. The molecule has 0 saturated carbocycles. The van der Waals surface area contributed by atoms with Crippen LogP contribution in [0.1, 0.15) is 20.7 Å². The number of nitro groups is 1. The fraction of sp³-hybridized carbons (Fsp3) is 0. The summed E-state index contributed by atoms with van der Waals surface area (Å²) in [6.45, 7) is 0. The van der Waals surface area contributed by atoms with E-state index in [-0.39, 0.29) is 6.07 Å². The highest BCUT2D eigenvalue weighted by atomic mass is 32.2. The predicted molar refractivity (Wildman–Crippen MR) is 231 cm³/mol. The largest absolute Gasteiger partial charge is 0.505 e. The second kappa shape index (κ2) is 17.8. The van der Waals surface area contributed by atoms with Crippen LogP contribution in [0.5, 0.6) is 11.5 Å². The second-order valence-electron chi connectivity index (χ2n) is 13.6. The first kappa shape index (κ1) is 51.3. The summed E-state index contributed by atoms with van der Waals surface area (Å²) in [5.41, 5.74) is -3.23. The van der Waals surface area contributed by atoms with Gasteiger partial charge in [-0.1, -0.05) is 0 Å². The number of anilines is 1. The SMILES string of the molecule is Nc1c(N=Nc2ccc3c(O)c(N=Nc4cc(C(=O)O)ccc4C(=O)O)c(S(=O)(=O)O)cc3c2S(=O)(=O)O)cc(S(=O)(=O)O)c2cc(S(=O)(=O)O)c(N=Nc3ccc([N+](=O)[O-])cc3S(=O)(=O)O)c(O)c12. The quantitative estimate of drug-likeness (QED) is 0.0203. The minimum Gasteiger partial charge on any atom is -0.505 e. The van der Waals surface area contributed by atoms with Gasteiger partial charge in [0.15, 0.2) is 11.5 Å². The van der Waals surface area contributed by atoms with Gasteiger partial charge in [0.25, 0.3) is 56.3 Å². The van der Waals surface area contributed by atoms with Crippen LogP contribution in [0, 0.1) is 10.1 Å². The maximum Gasteiger partial charge on any atom is 0.337 e. The molecule has 366 valence electrons. The summed E-state index contributed by atoms with van der Waals surface area (Å²) < 4.78 is 176. The van der Waals surface area contributed by atoms with E-state index in [1.807, 2.05) is 0 Å². The maximum absolute atomic E-state index is 12.9. The molecular weight excluding hydrogens is 1050 g/mol. The molecule has 0 aromatic heterocycles. The molecule has 0 aliphatic rings. The molecule has 0 bridgehead atoms. The van der Waals surface area contributed by atoms with Crippen LogP contribution in [0.4, 0.5) is 45.5 Å². The van der Waals surface area contributed by atoms with Crippen molar-refractivity contribution in [1.29, 1.82) is 0 Å². The molecule has 0 radical (unpaired) electrons. The number of phenolic OH excluding ortho intramolecular Hbond substituents is 2. The van der Waals surface area contributed by atoms with Crippen LogP contribution in [-0.4, -0.2) is 102 Å². The van der Waals surface area contributed by atoms with Gasteiger partial charge in [-0.3, -0.25) is 32.9 Å². The lowest BCUT2D eigenvalue weighted by Crippen LogP contribution is -2.04. The second-order valence-corrected chi connectivity index (χ2v) is 20.5. The van der Waals surface area contributed by atoms with Gasteiger partial charge in [0.05, 0.1) is 27.1 Å². The third-order valence-electron chi connectivity index (χ3n) is 9.26. The Morgan fingerprint density at radius 2 is 1.00 bits per heavy atom. The number of fused-ring (bicyclic) bond motifs is 2. The van der Waals surface area contributed by atoms with Crippen LogP contribution in [0.2, 0.25) is 0 Å². The Morgan fingerprint density at radius 3 is 1.51 bits per heavy atom. The molecule has 0 fully saturated rings. The van der Waals surface area contributed by atoms with Crippen molar-refractivity contribution in [3.05, 3.63) is 88.0 Å². The highest BCUT2D eigenvalue weighted by Gasteiger charge is 2.31. The van der Waals surface area contributed by atoms with Gasteiger partial charge >= 0.3 is 11.9 Å².